The van der Waals surface area contributed by atoms with Crippen molar-refractivity contribution in [2.24, 2.45) is 5.92 Å². The topological polar surface area (TPSA) is 52.6 Å². The van der Waals surface area contributed by atoms with Crippen molar-refractivity contribution in [2.45, 2.75) is 25.6 Å². The summed E-state index contributed by atoms with van der Waals surface area (Å²) in [6.45, 7) is 2.59. The van der Waals surface area contributed by atoms with E-state index in [9.17, 15) is 23.1 Å². The summed E-state index contributed by atoms with van der Waals surface area (Å²) in [4.78, 5) is 13.5. The Morgan fingerprint density at radius 3 is 2.76 bits per heavy atom. The molecular formula is C14H17F3N2O2. The van der Waals surface area contributed by atoms with Crippen LogP contribution in [0.2, 0.25) is 0 Å². The Kier molecular flexibility index (Phi) is 4.41. The lowest BCUT2D eigenvalue weighted by Gasteiger charge is -2.34. The van der Waals surface area contributed by atoms with E-state index >= 15 is 0 Å². The van der Waals surface area contributed by atoms with Gasteiger partial charge in [-0.05, 0) is 30.5 Å². The number of carbonyl (C=O) groups is 1. The first kappa shape index (κ1) is 15.6. The minimum Gasteiger partial charge on any atom is -0.393 e. The van der Waals surface area contributed by atoms with Gasteiger partial charge in [0, 0.05) is 18.8 Å². The van der Waals surface area contributed by atoms with Gasteiger partial charge >= 0.3 is 12.2 Å². The van der Waals surface area contributed by atoms with Gasteiger partial charge in [-0.2, -0.15) is 13.2 Å². The molecule has 116 valence electrons. The first-order chi connectivity index (χ1) is 9.77. The lowest BCUT2D eigenvalue weighted by atomic mass is 9.97. The first-order valence-electron chi connectivity index (χ1n) is 6.68. The van der Waals surface area contributed by atoms with Crippen LogP contribution < -0.4 is 5.32 Å². The normalized spacial score (nSPS) is 23.0. The quantitative estimate of drug-likeness (QED) is 0.838. The monoisotopic (exact) mass is 302 g/mol. The lowest BCUT2D eigenvalue weighted by Crippen LogP contribution is -2.46. The number of carbonyl (C=O) groups excluding carboxylic acids is 1. The molecule has 0 saturated carbocycles. The smallest absolute Gasteiger partial charge is 0.393 e. The van der Waals surface area contributed by atoms with Crippen LogP contribution in [0.4, 0.5) is 23.7 Å². The highest BCUT2D eigenvalue weighted by Gasteiger charge is 2.31. The van der Waals surface area contributed by atoms with Crippen molar-refractivity contribution in [3.8, 4) is 0 Å². The Morgan fingerprint density at radius 2 is 2.14 bits per heavy atom. The average molecular weight is 302 g/mol. The van der Waals surface area contributed by atoms with Crippen LogP contribution in [-0.4, -0.2) is 35.2 Å². The molecule has 21 heavy (non-hydrogen) atoms. The number of urea groups is 1. The van der Waals surface area contributed by atoms with E-state index in [0.29, 0.717) is 19.5 Å². The zero-order valence-electron chi connectivity index (χ0n) is 11.5. The summed E-state index contributed by atoms with van der Waals surface area (Å²) >= 11 is 0. The summed E-state index contributed by atoms with van der Waals surface area (Å²) < 4.78 is 37.8. The maximum Gasteiger partial charge on any atom is 0.416 e. The number of nitrogens with zero attached hydrogens (tertiary/aromatic N) is 1. The van der Waals surface area contributed by atoms with Gasteiger partial charge in [0.1, 0.15) is 0 Å². The van der Waals surface area contributed by atoms with Crippen LogP contribution in [-0.2, 0) is 6.18 Å². The highest BCUT2D eigenvalue weighted by atomic mass is 19.4. The van der Waals surface area contributed by atoms with E-state index in [1.54, 1.807) is 0 Å². The highest BCUT2D eigenvalue weighted by Crippen LogP contribution is 2.30. The van der Waals surface area contributed by atoms with Gasteiger partial charge in [-0.15, -0.1) is 0 Å². The molecule has 2 amide bonds. The van der Waals surface area contributed by atoms with Crippen LogP contribution in [0, 0.1) is 5.92 Å². The molecule has 1 saturated heterocycles. The number of hydrogen-bond acceptors (Lipinski definition) is 2. The second-order valence-electron chi connectivity index (χ2n) is 5.29. The number of nitrogens with one attached hydrogen (secondary N) is 1. The number of halogens is 3. The number of likely N-dealkylation sites (tertiary alicyclic amines) is 1. The Balaban J connectivity index is 2.03. The fourth-order valence-corrected chi connectivity index (χ4v) is 2.29. The lowest BCUT2D eigenvalue weighted by molar-refractivity contribution is -0.137. The molecular weight excluding hydrogens is 285 g/mol. The Bertz CT molecular complexity index is 519. The van der Waals surface area contributed by atoms with Gasteiger partial charge < -0.3 is 15.3 Å². The minimum absolute atomic E-state index is 0.0500. The summed E-state index contributed by atoms with van der Waals surface area (Å²) in [5.74, 6) is -0.0500. The molecule has 1 heterocycles. The van der Waals surface area contributed by atoms with Crippen LogP contribution in [0.1, 0.15) is 18.9 Å². The number of amides is 2. The molecule has 0 bridgehead atoms. The van der Waals surface area contributed by atoms with Gasteiger partial charge in [0.2, 0.25) is 0 Å². The molecule has 2 atom stereocenters. The zero-order chi connectivity index (χ0) is 15.6. The number of aliphatic hydroxyl groups excluding tert-OH is 1. The van der Waals surface area contributed by atoms with Crippen molar-refractivity contribution >= 4 is 11.7 Å². The van der Waals surface area contributed by atoms with Gasteiger partial charge in [-0.3, -0.25) is 0 Å². The van der Waals surface area contributed by atoms with Crippen LogP contribution in [0.25, 0.3) is 0 Å². The fraction of sp³-hybridized carbons (Fsp3) is 0.500. The van der Waals surface area contributed by atoms with Crippen LogP contribution >= 0.6 is 0 Å². The molecule has 1 aliphatic heterocycles. The van der Waals surface area contributed by atoms with Gasteiger partial charge in [0.05, 0.1) is 11.7 Å². The van der Waals surface area contributed by atoms with Crippen molar-refractivity contribution in [3.63, 3.8) is 0 Å². The van der Waals surface area contributed by atoms with E-state index < -0.39 is 23.9 Å². The molecule has 0 aromatic heterocycles. The SMILES string of the molecule is CC1CN(C(=O)Nc2cccc(C(F)(F)F)c2)CCC1O. The maximum absolute atomic E-state index is 12.6. The van der Waals surface area contributed by atoms with Gasteiger partial charge in [-0.25, -0.2) is 4.79 Å². The van der Waals surface area contributed by atoms with E-state index in [2.05, 4.69) is 5.32 Å². The van der Waals surface area contributed by atoms with Gasteiger partial charge in [0.25, 0.3) is 0 Å². The third-order valence-electron chi connectivity index (χ3n) is 3.59. The summed E-state index contributed by atoms with van der Waals surface area (Å²) in [6.07, 6.45) is -4.41. The highest BCUT2D eigenvalue weighted by molar-refractivity contribution is 5.89. The van der Waals surface area contributed by atoms with E-state index in [1.807, 2.05) is 6.92 Å². The third-order valence-corrected chi connectivity index (χ3v) is 3.59. The van der Waals surface area contributed by atoms with Crippen LogP contribution in [0.5, 0.6) is 0 Å². The predicted molar refractivity (Wildman–Crippen MR) is 71.8 cm³/mol. The van der Waals surface area contributed by atoms with E-state index in [1.165, 1.54) is 17.0 Å². The number of rotatable bonds is 1. The van der Waals surface area contributed by atoms with Crippen molar-refractivity contribution in [2.75, 3.05) is 18.4 Å². The number of benzene rings is 1. The molecule has 1 fully saturated rings. The van der Waals surface area contributed by atoms with E-state index in [4.69, 9.17) is 0 Å². The van der Waals surface area contributed by atoms with Crippen molar-refractivity contribution in [1.82, 2.24) is 4.90 Å². The largest absolute Gasteiger partial charge is 0.416 e. The maximum atomic E-state index is 12.6. The molecule has 1 aliphatic rings. The minimum atomic E-state index is -4.44. The molecule has 1 aromatic carbocycles. The summed E-state index contributed by atoms with van der Waals surface area (Å²) in [5, 5.41) is 12.1. The molecule has 0 spiro atoms. The van der Waals surface area contributed by atoms with Crippen molar-refractivity contribution in [1.29, 1.82) is 0 Å². The van der Waals surface area contributed by atoms with Crippen molar-refractivity contribution < 1.29 is 23.1 Å². The number of piperidine rings is 1. The molecule has 1 aromatic rings. The molecule has 0 aliphatic carbocycles. The van der Waals surface area contributed by atoms with Gasteiger partial charge in [0.15, 0.2) is 0 Å². The number of alkyl halides is 3. The summed E-state index contributed by atoms with van der Waals surface area (Å²) in [7, 11) is 0. The number of anilines is 1. The second kappa shape index (κ2) is 5.93. The molecule has 2 unspecified atom stereocenters. The Hall–Kier alpha value is -1.76. The summed E-state index contributed by atoms with van der Waals surface area (Å²) in [6, 6.07) is 4.07. The molecule has 2 rings (SSSR count). The zero-order valence-corrected chi connectivity index (χ0v) is 11.5. The molecule has 2 N–H and O–H groups in total. The van der Waals surface area contributed by atoms with Gasteiger partial charge in [-0.1, -0.05) is 13.0 Å². The van der Waals surface area contributed by atoms with E-state index in [-0.39, 0.29) is 11.6 Å². The van der Waals surface area contributed by atoms with Crippen LogP contribution in [0.15, 0.2) is 24.3 Å². The molecule has 0 radical (unpaired) electrons. The predicted octanol–water partition coefficient (Wildman–Crippen LogP) is 2.94. The van der Waals surface area contributed by atoms with E-state index in [0.717, 1.165) is 12.1 Å². The third kappa shape index (κ3) is 3.87. The molecule has 4 nitrogen and oxygen atoms in total. The first-order valence-corrected chi connectivity index (χ1v) is 6.68. The number of aliphatic hydroxyl groups is 1. The Labute approximate surface area is 120 Å². The molecule has 7 heteroatoms. The van der Waals surface area contributed by atoms with Crippen molar-refractivity contribution in [3.05, 3.63) is 29.8 Å². The Morgan fingerprint density at radius 1 is 1.43 bits per heavy atom. The number of hydrogen-bond donors (Lipinski definition) is 2. The average Bonchev–Trinajstić information content (AvgIpc) is 2.41. The standard InChI is InChI=1S/C14H17F3N2O2/c1-9-8-19(6-5-12(9)20)13(21)18-11-4-2-3-10(7-11)14(15,16)17/h2-4,7,9,12,20H,5-6,8H2,1H3,(H,18,21). The summed E-state index contributed by atoms with van der Waals surface area (Å²) in [5.41, 5.74) is -0.698. The fourth-order valence-electron chi connectivity index (χ4n) is 2.29. The second-order valence-corrected chi connectivity index (χ2v) is 5.29. The van der Waals surface area contributed by atoms with Crippen LogP contribution in [0.3, 0.4) is 0 Å².